The summed E-state index contributed by atoms with van der Waals surface area (Å²) >= 11 is 0. The highest BCUT2D eigenvalue weighted by Gasteiger charge is 2.20. The first-order valence-electron chi connectivity index (χ1n) is 5.02. The zero-order valence-electron chi connectivity index (χ0n) is 8.66. The van der Waals surface area contributed by atoms with Gasteiger partial charge in [-0.1, -0.05) is 0 Å². The van der Waals surface area contributed by atoms with Crippen molar-refractivity contribution in [3.05, 3.63) is 17.5 Å². The van der Waals surface area contributed by atoms with Crippen LogP contribution in [0.15, 0.2) is 6.20 Å². The van der Waals surface area contributed by atoms with E-state index in [-0.39, 0.29) is 11.9 Å². The van der Waals surface area contributed by atoms with Crippen LogP contribution in [0.3, 0.4) is 0 Å². The number of nitrogen functional groups attached to an aromatic ring is 1. The maximum Gasteiger partial charge on any atom is 0.220 e. The van der Waals surface area contributed by atoms with E-state index in [4.69, 9.17) is 5.73 Å². The van der Waals surface area contributed by atoms with Crippen molar-refractivity contribution >= 4 is 11.9 Å². The predicted octanol–water partition coefficient (Wildman–Crippen LogP) is 0.0522. The second kappa shape index (κ2) is 3.84. The highest BCUT2D eigenvalue weighted by molar-refractivity contribution is 5.73. The number of carbonyl (C=O) groups is 1. The quantitative estimate of drug-likeness (QED) is 0.680. The Morgan fingerprint density at radius 3 is 3.20 bits per heavy atom. The number of nitrogens with zero attached hydrogens (tertiary/aromatic N) is 2. The Bertz CT molecular complexity index is 391. The van der Waals surface area contributed by atoms with Crippen LogP contribution in [-0.2, 0) is 17.6 Å². The average Bonchev–Trinajstić information content (AvgIpc) is 2.17. The summed E-state index contributed by atoms with van der Waals surface area (Å²) in [6, 6.07) is 0.210. The number of hydrogen-bond acceptors (Lipinski definition) is 4. The number of amides is 1. The number of rotatable bonds is 1. The van der Waals surface area contributed by atoms with Gasteiger partial charge in [0.1, 0.15) is 0 Å². The highest BCUT2D eigenvalue weighted by Crippen LogP contribution is 2.19. The summed E-state index contributed by atoms with van der Waals surface area (Å²) in [7, 11) is 0. The lowest BCUT2D eigenvalue weighted by atomic mass is 9.93. The molecule has 5 nitrogen and oxygen atoms in total. The Morgan fingerprint density at radius 2 is 2.47 bits per heavy atom. The minimum atomic E-state index is 0.0137. The smallest absolute Gasteiger partial charge is 0.220 e. The van der Waals surface area contributed by atoms with Crippen LogP contribution in [0.1, 0.15) is 24.6 Å². The molecular formula is C10H14N4O. The van der Waals surface area contributed by atoms with Gasteiger partial charge < -0.3 is 11.1 Å². The van der Waals surface area contributed by atoms with E-state index in [1.807, 2.05) is 0 Å². The molecule has 1 atom stereocenters. The first kappa shape index (κ1) is 9.89. The Kier molecular flexibility index (Phi) is 2.53. The minimum Gasteiger partial charge on any atom is -0.368 e. The molecule has 0 spiro atoms. The van der Waals surface area contributed by atoms with E-state index < -0.39 is 0 Å². The van der Waals surface area contributed by atoms with Crippen LogP contribution in [0.4, 0.5) is 5.95 Å². The van der Waals surface area contributed by atoms with Crippen molar-refractivity contribution in [1.82, 2.24) is 15.3 Å². The summed E-state index contributed by atoms with van der Waals surface area (Å²) < 4.78 is 0. The van der Waals surface area contributed by atoms with Crippen LogP contribution in [-0.4, -0.2) is 21.9 Å². The van der Waals surface area contributed by atoms with E-state index in [1.165, 1.54) is 6.92 Å². The maximum atomic E-state index is 10.9. The molecule has 1 aromatic heterocycles. The Morgan fingerprint density at radius 1 is 1.67 bits per heavy atom. The van der Waals surface area contributed by atoms with Gasteiger partial charge in [-0.25, -0.2) is 9.97 Å². The third-order valence-corrected chi connectivity index (χ3v) is 2.58. The first-order valence-corrected chi connectivity index (χ1v) is 5.02. The molecule has 0 bridgehead atoms. The van der Waals surface area contributed by atoms with Crippen LogP contribution in [0, 0.1) is 0 Å². The normalized spacial score (nSPS) is 19.4. The summed E-state index contributed by atoms with van der Waals surface area (Å²) in [4.78, 5) is 19.1. The zero-order chi connectivity index (χ0) is 10.8. The van der Waals surface area contributed by atoms with Crippen molar-refractivity contribution in [2.24, 2.45) is 0 Å². The summed E-state index contributed by atoms with van der Waals surface area (Å²) in [6.07, 6.45) is 4.33. The second-order valence-corrected chi connectivity index (χ2v) is 3.84. The first-order chi connectivity index (χ1) is 7.15. The van der Waals surface area contributed by atoms with Crippen molar-refractivity contribution in [3.8, 4) is 0 Å². The molecular weight excluding hydrogens is 192 g/mol. The third kappa shape index (κ3) is 2.23. The molecule has 0 radical (unpaired) electrons. The number of nitrogens with two attached hydrogens (primary N) is 1. The number of hydrogen-bond donors (Lipinski definition) is 2. The molecule has 1 aliphatic carbocycles. The molecule has 0 saturated heterocycles. The fourth-order valence-electron chi connectivity index (χ4n) is 1.93. The summed E-state index contributed by atoms with van der Waals surface area (Å²) in [5, 5.41) is 2.91. The fourth-order valence-corrected chi connectivity index (χ4v) is 1.93. The summed E-state index contributed by atoms with van der Waals surface area (Å²) in [5.41, 5.74) is 7.61. The highest BCUT2D eigenvalue weighted by atomic mass is 16.1. The Balaban J connectivity index is 2.13. The maximum absolute atomic E-state index is 10.9. The average molecular weight is 206 g/mol. The van der Waals surface area contributed by atoms with E-state index in [1.54, 1.807) is 6.20 Å². The molecule has 1 aliphatic rings. The largest absolute Gasteiger partial charge is 0.368 e. The third-order valence-electron chi connectivity index (χ3n) is 2.58. The van der Waals surface area contributed by atoms with E-state index >= 15 is 0 Å². The van der Waals surface area contributed by atoms with Gasteiger partial charge in [-0.05, 0) is 24.8 Å². The lowest BCUT2D eigenvalue weighted by Gasteiger charge is -2.23. The molecule has 5 heteroatoms. The van der Waals surface area contributed by atoms with Crippen LogP contribution >= 0.6 is 0 Å². The van der Waals surface area contributed by atoms with E-state index in [0.29, 0.717) is 5.95 Å². The van der Waals surface area contributed by atoms with E-state index in [2.05, 4.69) is 15.3 Å². The molecule has 3 N–H and O–H groups in total. The summed E-state index contributed by atoms with van der Waals surface area (Å²) in [6.45, 7) is 1.54. The van der Waals surface area contributed by atoms with Crippen molar-refractivity contribution in [1.29, 1.82) is 0 Å². The number of aryl methyl sites for hydroxylation is 1. The lowest BCUT2D eigenvalue weighted by molar-refractivity contribution is -0.119. The molecule has 15 heavy (non-hydrogen) atoms. The summed E-state index contributed by atoms with van der Waals surface area (Å²) in [5.74, 6) is 0.339. The molecule has 80 valence electrons. The van der Waals surface area contributed by atoms with Crippen molar-refractivity contribution in [2.45, 2.75) is 32.2 Å². The molecule has 2 rings (SSSR count). The van der Waals surface area contributed by atoms with Crippen molar-refractivity contribution < 1.29 is 4.79 Å². The Labute approximate surface area is 88.1 Å². The van der Waals surface area contributed by atoms with Crippen LogP contribution in [0.5, 0.6) is 0 Å². The fraction of sp³-hybridized carbons (Fsp3) is 0.500. The zero-order valence-corrected chi connectivity index (χ0v) is 8.66. The van der Waals surface area contributed by atoms with Crippen LogP contribution in [0.2, 0.25) is 0 Å². The van der Waals surface area contributed by atoms with Gasteiger partial charge >= 0.3 is 0 Å². The number of fused-ring (bicyclic) bond motifs is 1. The van der Waals surface area contributed by atoms with Gasteiger partial charge in [0, 0.05) is 24.9 Å². The molecule has 1 aromatic rings. The van der Waals surface area contributed by atoms with Gasteiger partial charge in [0.05, 0.1) is 0 Å². The minimum absolute atomic E-state index is 0.0137. The van der Waals surface area contributed by atoms with Gasteiger partial charge in [0.25, 0.3) is 0 Å². The Hall–Kier alpha value is -1.65. The standard InChI is InChI=1S/C10H14N4O/c1-6(15)13-8-2-3-9-7(4-8)5-12-10(11)14-9/h5,8H,2-4H2,1H3,(H,13,15)(H2,11,12,14)/t8-/m0/s1. The molecule has 0 aromatic carbocycles. The number of anilines is 1. The predicted molar refractivity (Wildman–Crippen MR) is 56.1 cm³/mol. The van der Waals surface area contributed by atoms with Crippen molar-refractivity contribution in [3.63, 3.8) is 0 Å². The van der Waals surface area contributed by atoms with Gasteiger partial charge in [-0.15, -0.1) is 0 Å². The van der Waals surface area contributed by atoms with Crippen LogP contribution < -0.4 is 11.1 Å². The van der Waals surface area contributed by atoms with Gasteiger partial charge in [0.2, 0.25) is 11.9 Å². The van der Waals surface area contributed by atoms with E-state index in [0.717, 1.165) is 30.5 Å². The molecule has 1 amide bonds. The second-order valence-electron chi connectivity index (χ2n) is 3.84. The number of aromatic nitrogens is 2. The van der Waals surface area contributed by atoms with Gasteiger partial charge in [0.15, 0.2) is 0 Å². The topological polar surface area (TPSA) is 80.9 Å². The molecule has 0 aliphatic heterocycles. The number of nitrogens with one attached hydrogen (secondary N) is 1. The monoisotopic (exact) mass is 206 g/mol. The van der Waals surface area contributed by atoms with Crippen LogP contribution in [0.25, 0.3) is 0 Å². The molecule has 0 saturated carbocycles. The number of carbonyl (C=O) groups excluding carboxylic acids is 1. The van der Waals surface area contributed by atoms with Crippen molar-refractivity contribution in [2.75, 3.05) is 5.73 Å². The van der Waals surface area contributed by atoms with Gasteiger partial charge in [-0.3, -0.25) is 4.79 Å². The van der Waals surface area contributed by atoms with Gasteiger partial charge in [-0.2, -0.15) is 0 Å². The molecule has 0 fully saturated rings. The van der Waals surface area contributed by atoms with E-state index in [9.17, 15) is 4.79 Å². The molecule has 0 unspecified atom stereocenters. The lowest BCUT2D eigenvalue weighted by Crippen LogP contribution is -2.37. The molecule has 1 heterocycles. The SMILES string of the molecule is CC(=O)N[C@H]1CCc2nc(N)ncc2C1.